The van der Waals surface area contributed by atoms with E-state index >= 15 is 0 Å². The molecule has 0 bridgehead atoms. The monoisotopic (exact) mass is 474 g/mol. The summed E-state index contributed by atoms with van der Waals surface area (Å²) in [5, 5.41) is 0. The number of benzene rings is 1. The molecule has 0 N–H and O–H groups in total. The zero-order chi connectivity index (χ0) is 19.4. The van der Waals surface area contributed by atoms with E-state index in [1.165, 1.54) is 89.5 Å². The summed E-state index contributed by atoms with van der Waals surface area (Å²) in [6.45, 7) is 7.10. The molecule has 0 heterocycles. The van der Waals surface area contributed by atoms with E-state index in [1.807, 2.05) is 0 Å². The van der Waals surface area contributed by atoms with Crippen molar-refractivity contribution in [3.63, 3.8) is 0 Å². The molecule has 0 atom stereocenters. The molecule has 1 fully saturated rings. The first-order valence-corrected chi connectivity index (χ1v) is 19.3. The Kier molecular flexibility index (Phi) is 10.9. The van der Waals surface area contributed by atoms with Crippen LogP contribution < -0.4 is 3.58 Å². The van der Waals surface area contributed by atoms with E-state index in [0.717, 1.165) is 0 Å². The van der Waals surface area contributed by atoms with Gasteiger partial charge in [-0.05, 0) is 0 Å². The minimum absolute atomic E-state index is 0.651. The van der Waals surface area contributed by atoms with Crippen LogP contribution in [0.2, 0.25) is 13.3 Å². The summed E-state index contributed by atoms with van der Waals surface area (Å²) in [5.74, 6) is 8.07. The predicted molar refractivity (Wildman–Crippen MR) is 124 cm³/mol. The average Bonchev–Trinajstić information content (AvgIpc) is 2.73. The third kappa shape index (κ3) is 7.16. The number of rotatable bonds is 10. The van der Waals surface area contributed by atoms with Gasteiger partial charge in [0.15, 0.2) is 0 Å². The van der Waals surface area contributed by atoms with Gasteiger partial charge in [0.05, 0.1) is 0 Å². The van der Waals surface area contributed by atoms with Gasteiger partial charge in [-0.15, -0.1) is 0 Å². The van der Waals surface area contributed by atoms with Gasteiger partial charge in [0.1, 0.15) is 0 Å². The van der Waals surface area contributed by atoms with E-state index in [0.29, 0.717) is 5.92 Å². The van der Waals surface area contributed by atoms with Gasteiger partial charge in [-0.2, -0.15) is 0 Å². The second kappa shape index (κ2) is 12.9. The molecule has 0 aliphatic heterocycles. The van der Waals surface area contributed by atoms with Crippen LogP contribution in [-0.4, -0.2) is 18.4 Å². The van der Waals surface area contributed by atoms with Crippen molar-refractivity contribution in [1.29, 1.82) is 0 Å². The molecule has 0 unspecified atom stereocenters. The van der Waals surface area contributed by atoms with E-state index < -0.39 is 18.4 Å². The predicted octanol–water partition coefficient (Wildman–Crippen LogP) is 7.67. The van der Waals surface area contributed by atoms with Crippen molar-refractivity contribution in [3.05, 3.63) is 29.8 Å². The molecular formula is C26H42Sn. The summed E-state index contributed by atoms with van der Waals surface area (Å²) >= 11 is -2.39. The number of hydrogen-bond donors (Lipinski definition) is 0. The Morgan fingerprint density at radius 2 is 1.37 bits per heavy atom. The van der Waals surface area contributed by atoms with Crippen molar-refractivity contribution in [3.8, 4) is 11.8 Å². The zero-order valence-corrected chi connectivity index (χ0v) is 21.1. The first-order chi connectivity index (χ1) is 13.3. The quantitative estimate of drug-likeness (QED) is 0.242. The van der Waals surface area contributed by atoms with Gasteiger partial charge in [-0.3, -0.25) is 0 Å². The zero-order valence-electron chi connectivity index (χ0n) is 18.3. The molecule has 1 heteroatoms. The molecule has 150 valence electrons. The molecule has 1 aromatic rings. The van der Waals surface area contributed by atoms with Crippen LogP contribution in [0.3, 0.4) is 0 Å². The van der Waals surface area contributed by atoms with E-state index in [2.05, 4.69) is 56.9 Å². The molecule has 1 saturated carbocycles. The first-order valence-electron chi connectivity index (χ1n) is 11.9. The molecule has 0 saturated heterocycles. The van der Waals surface area contributed by atoms with Crippen LogP contribution in [0.1, 0.15) is 97.0 Å². The molecule has 2 rings (SSSR count). The summed E-state index contributed by atoms with van der Waals surface area (Å²) < 4.78 is 6.37. The SMILES string of the molecule is CCC[CH2][Sn]([CH2]CCC)([CH2]CCC)[c]1ccccc1C#CC1CCCCC1. The van der Waals surface area contributed by atoms with Crippen molar-refractivity contribution in [2.75, 3.05) is 0 Å². The molecule has 27 heavy (non-hydrogen) atoms. The standard InChI is InChI=1S/C14H15.3C4H9.Sn/c1-3-7-13(8-4-1)11-12-14-9-5-2-6-10-14;3*1-3-4-2;/h1,3-4,7,14H,2,5-6,9-10H2;3*1,3-4H2,2H3;. The van der Waals surface area contributed by atoms with E-state index in [9.17, 15) is 0 Å². The van der Waals surface area contributed by atoms with Gasteiger partial charge in [-0.25, -0.2) is 0 Å². The fourth-order valence-corrected chi connectivity index (χ4v) is 21.4. The third-order valence-electron chi connectivity index (χ3n) is 6.54. The Labute approximate surface area is 173 Å². The normalized spacial score (nSPS) is 15.4. The third-order valence-corrected chi connectivity index (χ3v) is 22.3. The van der Waals surface area contributed by atoms with Gasteiger partial charge in [0.2, 0.25) is 0 Å². The summed E-state index contributed by atoms with van der Waals surface area (Å²) in [7, 11) is 0. The van der Waals surface area contributed by atoms with Crippen molar-refractivity contribution >= 4 is 22.0 Å². The minimum atomic E-state index is -2.39. The van der Waals surface area contributed by atoms with Gasteiger partial charge in [0.25, 0.3) is 0 Å². The molecule has 1 aromatic carbocycles. The second-order valence-corrected chi connectivity index (χ2v) is 21.9. The second-order valence-electron chi connectivity index (χ2n) is 8.74. The molecule has 0 spiro atoms. The van der Waals surface area contributed by atoms with E-state index in [-0.39, 0.29) is 0 Å². The molecule has 0 nitrogen and oxygen atoms in total. The fraction of sp³-hybridized carbons (Fsp3) is 0.692. The van der Waals surface area contributed by atoms with Crippen LogP contribution in [0.25, 0.3) is 0 Å². The maximum absolute atomic E-state index is 3.72. The Bertz CT molecular complexity index is 564. The molecular weight excluding hydrogens is 431 g/mol. The van der Waals surface area contributed by atoms with Crippen LogP contribution in [0.5, 0.6) is 0 Å². The van der Waals surface area contributed by atoms with Crippen molar-refractivity contribution < 1.29 is 0 Å². The summed E-state index contributed by atoms with van der Waals surface area (Å²) in [6, 6.07) is 9.38. The molecule has 0 amide bonds. The summed E-state index contributed by atoms with van der Waals surface area (Å²) in [6.07, 6.45) is 15.1. The number of hydrogen-bond acceptors (Lipinski definition) is 0. The van der Waals surface area contributed by atoms with Gasteiger partial charge in [-0.1, -0.05) is 0 Å². The Hall–Kier alpha value is -0.421. The van der Waals surface area contributed by atoms with Crippen LogP contribution in [0, 0.1) is 17.8 Å². The van der Waals surface area contributed by atoms with Crippen molar-refractivity contribution in [1.82, 2.24) is 0 Å². The van der Waals surface area contributed by atoms with Gasteiger partial charge >= 0.3 is 174 Å². The van der Waals surface area contributed by atoms with Crippen LogP contribution in [-0.2, 0) is 0 Å². The average molecular weight is 473 g/mol. The van der Waals surface area contributed by atoms with Crippen molar-refractivity contribution in [2.45, 2.75) is 105 Å². The molecule has 0 radical (unpaired) electrons. The summed E-state index contributed by atoms with van der Waals surface area (Å²) in [4.78, 5) is 0. The van der Waals surface area contributed by atoms with Crippen molar-refractivity contribution in [2.24, 2.45) is 5.92 Å². The van der Waals surface area contributed by atoms with Gasteiger partial charge in [0, 0.05) is 0 Å². The maximum atomic E-state index is 3.72. The van der Waals surface area contributed by atoms with E-state index in [1.54, 1.807) is 3.58 Å². The fourth-order valence-electron chi connectivity index (χ4n) is 4.81. The molecule has 1 aliphatic rings. The Morgan fingerprint density at radius 3 is 1.93 bits per heavy atom. The summed E-state index contributed by atoms with van der Waals surface area (Å²) in [5.41, 5.74) is 1.42. The van der Waals surface area contributed by atoms with Crippen LogP contribution in [0.15, 0.2) is 24.3 Å². The van der Waals surface area contributed by atoms with E-state index in [4.69, 9.17) is 0 Å². The Morgan fingerprint density at radius 1 is 0.815 bits per heavy atom. The topological polar surface area (TPSA) is 0 Å². The Balaban J connectivity index is 2.36. The first kappa shape index (κ1) is 22.9. The van der Waals surface area contributed by atoms with Gasteiger partial charge < -0.3 is 0 Å². The molecule has 1 aliphatic carbocycles. The van der Waals surface area contributed by atoms with Crippen LogP contribution in [0.4, 0.5) is 0 Å². The number of unbranched alkanes of at least 4 members (excludes halogenated alkanes) is 3. The molecule has 0 aromatic heterocycles. The van der Waals surface area contributed by atoms with Crippen LogP contribution >= 0.6 is 0 Å².